The minimum absolute atomic E-state index is 0.515. The first-order valence-electron chi connectivity index (χ1n) is 4.52. The summed E-state index contributed by atoms with van der Waals surface area (Å²) in [5, 5.41) is 7.96. The highest BCUT2D eigenvalue weighted by Gasteiger charge is 2.22. The van der Waals surface area contributed by atoms with Crippen LogP contribution in [0.25, 0.3) is 0 Å². The maximum absolute atomic E-state index is 5.64. The Hall–Kier alpha value is -1.16. The molecule has 1 aromatic heterocycles. The summed E-state index contributed by atoms with van der Waals surface area (Å²) in [6.07, 6.45) is 2.75. The molecule has 13 heavy (non-hydrogen) atoms. The summed E-state index contributed by atoms with van der Waals surface area (Å²) in [5.41, 5.74) is 7.38. The molecule has 2 rings (SSSR count). The van der Waals surface area contributed by atoms with Crippen molar-refractivity contribution in [2.75, 3.05) is 25.9 Å². The van der Waals surface area contributed by atoms with E-state index in [0.717, 1.165) is 25.2 Å². The topological polar surface area (TPSA) is 55.0 Å². The van der Waals surface area contributed by atoms with Gasteiger partial charge in [-0.3, -0.25) is 0 Å². The zero-order valence-corrected chi connectivity index (χ0v) is 7.77. The molecule has 4 heteroatoms. The van der Waals surface area contributed by atoms with Crippen molar-refractivity contribution in [3.8, 4) is 0 Å². The lowest BCUT2D eigenvalue weighted by molar-refractivity contribution is 0.410. The van der Waals surface area contributed by atoms with E-state index in [0.29, 0.717) is 11.6 Å². The van der Waals surface area contributed by atoms with Gasteiger partial charge in [0.05, 0.1) is 17.6 Å². The molecule has 1 saturated heterocycles. The third-order valence-electron chi connectivity index (χ3n) is 2.50. The third-order valence-corrected chi connectivity index (χ3v) is 2.50. The van der Waals surface area contributed by atoms with E-state index in [1.165, 1.54) is 0 Å². The number of hydrogen-bond acceptors (Lipinski definition) is 4. The van der Waals surface area contributed by atoms with Crippen molar-refractivity contribution in [1.29, 1.82) is 0 Å². The highest BCUT2D eigenvalue weighted by Crippen LogP contribution is 2.24. The highest BCUT2D eigenvalue weighted by molar-refractivity contribution is 5.35. The van der Waals surface area contributed by atoms with Crippen molar-refractivity contribution in [2.24, 2.45) is 0 Å². The second kappa shape index (κ2) is 3.30. The van der Waals surface area contributed by atoms with Gasteiger partial charge in [0.2, 0.25) is 0 Å². The van der Waals surface area contributed by atoms with E-state index in [9.17, 15) is 0 Å². The Balaban J connectivity index is 2.16. The van der Waals surface area contributed by atoms with Crippen molar-refractivity contribution >= 4 is 5.69 Å². The Morgan fingerprint density at radius 3 is 3.08 bits per heavy atom. The average molecular weight is 178 g/mol. The van der Waals surface area contributed by atoms with E-state index in [4.69, 9.17) is 5.73 Å². The Labute approximate surface area is 77.8 Å². The molecule has 0 aliphatic carbocycles. The molecule has 1 atom stereocenters. The lowest BCUT2D eigenvalue weighted by Gasteiger charge is -2.08. The Morgan fingerprint density at radius 2 is 2.46 bits per heavy atom. The van der Waals surface area contributed by atoms with E-state index < -0.39 is 0 Å². The molecule has 0 spiro atoms. The molecule has 70 valence electrons. The van der Waals surface area contributed by atoms with Crippen LogP contribution in [0.2, 0.25) is 0 Å². The number of nitrogens with two attached hydrogens (primary N) is 1. The van der Waals surface area contributed by atoms with Gasteiger partial charge in [0.25, 0.3) is 0 Å². The molecule has 2 N–H and O–H groups in total. The first kappa shape index (κ1) is 8.44. The van der Waals surface area contributed by atoms with Gasteiger partial charge in [0, 0.05) is 12.5 Å². The first-order valence-corrected chi connectivity index (χ1v) is 4.52. The van der Waals surface area contributed by atoms with Crippen LogP contribution < -0.4 is 5.73 Å². The molecule has 2 heterocycles. The standard InChI is InChI=1S/C9H14N4/c1-13-3-2-7(6-13)9-4-8(10)5-11-12-9/h4-5,7H,2-3,6H2,1H3,(H2,10,12). The Bertz CT molecular complexity index is 299. The van der Waals surface area contributed by atoms with Gasteiger partial charge in [-0.25, -0.2) is 0 Å². The van der Waals surface area contributed by atoms with E-state index in [1.54, 1.807) is 6.20 Å². The van der Waals surface area contributed by atoms with Gasteiger partial charge in [0.15, 0.2) is 0 Å². The molecule has 4 nitrogen and oxygen atoms in total. The molecule has 1 aromatic rings. The number of rotatable bonds is 1. The molecule has 0 amide bonds. The van der Waals surface area contributed by atoms with Crippen molar-refractivity contribution in [3.05, 3.63) is 18.0 Å². The summed E-state index contributed by atoms with van der Waals surface area (Å²) in [4.78, 5) is 2.30. The number of aromatic nitrogens is 2. The minimum atomic E-state index is 0.515. The van der Waals surface area contributed by atoms with Gasteiger partial charge >= 0.3 is 0 Å². The predicted octanol–water partition coefficient (Wildman–Crippen LogP) is 0.478. The molecule has 1 aliphatic rings. The van der Waals surface area contributed by atoms with Crippen LogP contribution in [0.4, 0.5) is 5.69 Å². The summed E-state index contributed by atoms with van der Waals surface area (Å²) in [6, 6.07) is 1.93. The lowest BCUT2D eigenvalue weighted by Crippen LogP contribution is -2.14. The van der Waals surface area contributed by atoms with Gasteiger partial charge in [0.1, 0.15) is 0 Å². The summed E-state index contributed by atoms with van der Waals surface area (Å²) >= 11 is 0. The summed E-state index contributed by atoms with van der Waals surface area (Å²) in [6.45, 7) is 2.21. The zero-order chi connectivity index (χ0) is 9.26. The average Bonchev–Trinajstić information content (AvgIpc) is 2.52. The molecule has 1 fully saturated rings. The minimum Gasteiger partial charge on any atom is -0.397 e. The van der Waals surface area contributed by atoms with Crippen molar-refractivity contribution in [1.82, 2.24) is 15.1 Å². The number of anilines is 1. The number of hydrogen-bond donors (Lipinski definition) is 1. The first-order chi connectivity index (χ1) is 6.25. The normalized spacial score (nSPS) is 23.6. The maximum atomic E-state index is 5.64. The third kappa shape index (κ3) is 1.78. The lowest BCUT2D eigenvalue weighted by atomic mass is 10.0. The Morgan fingerprint density at radius 1 is 1.62 bits per heavy atom. The number of likely N-dealkylation sites (tertiary alicyclic amines) is 1. The highest BCUT2D eigenvalue weighted by atomic mass is 15.1. The fourth-order valence-corrected chi connectivity index (χ4v) is 1.78. The molecular formula is C9H14N4. The summed E-state index contributed by atoms with van der Waals surface area (Å²) in [5.74, 6) is 0.515. The van der Waals surface area contributed by atoms with Gasteiger partial charge in [-0.15, -0.1) is 0 Å². The van der Waals surface area contributed by atoms with Gasteiger partial charge in [-0.1, -0.05) is 0 Å². The van der Waals surface area contributed by atoms with Crippen molar-refractivity contribution < 1.29 is 0 Å². The second-order valence-electron chi connectivity index (χ2n) is 3.66. The second-order valence-corrected chi connectivity index (χ2v) is 3.66. The molecule has 0 bridgehead atoms. The van der Waals surface area contributed by atoms with E-state index in [2.05, 4.69) is 22.1 Å². The monoisotopic (exact) mass is 178 g/mol. The number of nitrogens with zero attached hydrogens (tertiary/aromatic N) is 3. The number of nitrogen functional groups attached to an aromatic ring is 1. The molecular weight excluding hydrogens is 164 g/mol. The largest absolute Gasteiger partial charge is 0.397 e. The van der Waals surface area contributed by atoms with Crippen LogP contribution in [-0.2, 0) is 0 Å². The van der Waals surface area contributed by atoms with Crippen LogP contribution in [0.1, 0.15) is 18.0 Å². The quantitative estimate of drug-likeness (QED) is 0.679. The van der Waals surface area contributed by atoms with E-state index in [-0.39, 0.29) is 0 Å². The number of likely N-dealkylation sites (N-methyl/N-ethyl adjacent to an activating group) is 1. The summed E-state index contributed by atoms with van der Waals surface area (Å²) in [7, 11) is 2.12. The molecule has 1 unspecified atom stereocenters. The fraction of sp³-hybridized carbons (Fsp3) is 0.556. The predicted molar refractivity (Wildman–Crippen MR) is 51.3 cm³/mol. The fourth-order valence-electron chi connectivity index (χ4n) is 1.78. The van der Waals surface area contributed by atoms with E-state index >= 15 is 0 Å². The van der Waals surface area contributed by atoms with Crippen LogP contribution in [0, 0.1) is 0 Å². The smallest absolute Gasteiger partial charge is 0.0726 e. The van der Waals surface area contributed by atoms with Crippen molar-refractivity contribution in [2.45, 2.75) is 12.3 Å². The van der Waals surface area contributed by atoms with Crippen LogP contribution >= 0.6 is 0 Å². The zero-order valence-electron chi connectivity index (χ0n) is 7.77. The molecule has 0 saturated carbocycles. The van der Waals surface area contributed by atoms with Gasteiger partial charge < -0.3 is 10.6 Å². The maximum Gasteiger partial charge on any atom is 0.0726 e. The van der Waals surface area contributed by atoms with Gasteiger partial charge in [-0.2, -0.15) is 10.2 Å². The molecule has 0 aromatic carbocycles. The van der Waals surface area contributed by atoms with Crippen LogP contribution in [0.3, 0.4) is 0 Å². The van der Waals surface area contributed by atoms with Gasteiger partial charge in [-0.05, 0) is 26.1 Å². The van der Waals surface area contributed by atoms with Crippen LogP contribution in [0.15, 0.2) is 12.3 Å². The van der Waals surface area contributed by atoms with Crippen LogP contribution in [0.5, 0.6) is 0 Å². The SMILES string of the molecule is CN1CCC(c2cc(N)cnn2)C1. The van der Waals surface area contributed by atoms with Crippen molar-refractivity contribution in [3.63, 3.8) is 0 Å². The molecule has 0 radical (unpaired) electrons. The molecule has 1 aliphatic heterocycles. The summed E-state index contributed by atoms with van der Waals surface area (Å²) < 4.78 is 0. The van der Waals surface area contributed by atoms with Crippen LogP contribution in [-0.4, -0.2) is 35.2 Å². The van der Waals surface area contributed by atoms with E-state index in [1.807, 2.05) is 6.07 Å². The Kier molecular flexibility index (Phi) is 2.14.